The summed E-state index contributed by atoms with van der Waals surface area (Å²) in [5, 5.41) is 13.1. The van der Waals surface area contributed by atoms with Gasteiger partial charge < -0.3 is 10.4 Å². The Balaban J connectivity index is 1.90. The number of halogens is 2. The van der Waals surface area contributed by atoms with Crippen LogP contribution in [0.15, 0.2) is 71.6 Å². The van der Waals surface area contributed by atoms with Crippen LogP contribution in [-0.2, 0) is 10.0 Å². The van der Waals surface area contributed by atoms with Crippen LogP contribution in [0.4, 0.5) is 11.4 Å². The third-order valence-electron chi connectivity index (χ3n) is 4.22. The summed E-state index contributed by atoms with van der Waals surface area (Å²) in [4.78, 5) is 12.8. The Labute approximate surface area is 184 Å². The molecule has 1 atom stereocenters. The van der Waals surface area contributed by atoms with Gasteiger partial charge in [0, 0.05) is 15.7 Å². The standard InChI is InChI=1S/C21H18Cl2N2O4S/c1-13(26)14-3-2-4-17(11-14)24-21(27)19-12-16(23)7-10-20(19)25-30(28,29)18-8-5-15(22)6-9-18/h2-13,25-26H,1H3,(H,24,27). The van der Waals surface area contributed by atoms with Crippen LogP contribution in [0.5, 0.6) is 0 Å². The Morgan fingerprint density at radius 3 is 2.30 bits per heavy atom. The predicted octanol–water partition coefficient (Wildman–Crippen LogP) is 5.10. The minimum atomic E-state index is -3.95. The third kappa shape index (κ3) is 5.31. The number of nitrogens with one attached hydrogen (secondary N) is 2. The molecule has 0 aromatic heterocycles. The van der Waals surface area contributed by atoms with Crippen LogP contribution in [0.25, 0.3) is 0 Å². The van der Waals surface area contributed by atoms with Gasteiger partial charge in [-0.05, 0) is 67.1 Å². The monoisotopic (exact) mass is 464 g/mol. The van der Waals surface area contributed by atoms with E-state index in [-0.39, 0.29) is 21.2 Å². The Morgan fingerprint density at radius 2 is 1.63 bits per heavy atom. The lowest BCUT2D eigenvalue weighted by atomic mass is 10.1. The summed E-state index contributed by atoms with van der Waals surface area (Å²) in [7, 11) is -3.95. The maximum Gasteiger partial charge on any atom is 0.261 e. The molecule has 3 aromatic carbocycles. The summed E-state index contributed by atoms with van der Waals surface area (Å²) in [5.74, 6) is -0.561. The van der Waals surface area contributed by atoms with Crippen LogP contribution >= 0.6 is 23.2 Å². The van der Waals surface area contributed by atoms with Crippen molar-refractivity contribution in [2.24, 2.45) is 0 Å². The van der Waals surface area contributed by atoms with Crippen LogP contribution in [-0.4, -0.2) is 19.4 Å². The van der Waals surface area contributed by atoms with E-state index < -0.39 is 22.0 Å². The zero-order valence-corrected chi connectivity index (χ0v) is 18.1. The van der Waals surface area contributed by atoms with Gasteiger partial charge in [-0.3, -0.25) is 9.52 Å². The number of hydrogen-bond acceptors (Lipinski definition) is 4. The molecule has 1 amide bonds. The van der Waals surface area contributed by atoms with Crippen molar-refractivity contribution in [2.45, 2.75) is 17.9 Å². The zero-order chi connectivity index (χ0) is 21.9. The average Bonchev–Trinajstić information content (AvgIpc) is 2.69. The van der Waals surface area contributed by atoms with Crippen LogP contribution < -0.4 is 10.0 Å². The average molecular weight is 465 g/mol. The molecule has 0 fully saturated rings. The van der Waals surface area contributed by atoms with Crippen molar-refractivity contribution in [3.8, 4) is 0 Å². The number of carbonyl (C=O) groups excluding carboxylic acids is 1. The predicted molar refractivity (Wildman–Crippen MR) is 119 cm³/mol. The number of hydrogen-bond donors (Lipinski definition) is 3. The second kappa shape index (κ2) is 9.06. The van der Waals surface area contributed by atoms with Crippen molar-refractivity contribution in [3.63, 3.8) is 0 Å². The van der Waals surface area contributed by atoms with Crippen LogP contribution in [0.3, 0.4) is 0 Å². The van der Waals surface area contributed by atoms with E-state index in [1.807, 2.05) is 0 Å². The Morgan fingerprint density at radius 1 is 0.967 bits per heavy atom. The van der Waals surface area contributed by atoms with Crippen molar-refractivity contribution >= 4 is 50.5 Å². The van der Waals surface area contributed by atoms with E-state index in [1.165, 1.54) is 42.5 Å². The summed E-state index contributed by atoms with van der Waals surface area (Å²) in [6.45, 7) is 1.61. The number of anilines is 2. The first kappa shape index (κ1) is 22.1. The summed E-state index contributed by atoms with van der Waals surface area (Å²) < 4.78 is 27.8. The summed E-state index contributed by atoms with van der Waals surface area (Å²) in [5.41, 5.74) is 1.19. The van der Waals surface area contributed by atoms with Crippen molar-refractivity contribution in [3.05, 3.63) is 87.9 Å². The van der Waals surface area contributed by atoms with Gasteiger partial charge in [0.15, 0.2) is 0 Å². The largest absolute Gasteiger partial charge is 0.389 e. The molecule has 3 N–H and O–H groups in total. The van der Waals surface area contributed by atoms with E-state index in [0.29, 0.717) is 16.3 Å². The smallest absolute Gasteiger partial charge is 0.261 e. The van der Waals surface area contributed by atoms with E-state index >= 15 is 0 Å². The first-order chi connectivity index (χ1) is 14.2. The van der Waals surface area contributed by atoms with Gasteiger partial charge >= 0.3 is 0 Å². The molecule has 0 radical (unpaired) electrons. The summed E-state index contributed by atoms with van der Waals surface area (Å²) in [6.07, 6.45) is -0.699. The lowest BCUT2D eigenvalue weighted by Gasteiger charge is -2.14. The van der Waals surface area contributed by atoms with Gasteiger partial charge in [-0.15, -0.1) is 0 Å². The van der Waals surface area contributed by atoms with Crippen molar-refractivity contribution in [1.82, 2.24) is 0 Å². The third-order valence-corrected chi connectivity index (χ3v) is 6.09. The van der Waals surface area contributed by atoms with E-state index in [2.05, 4.69) is 10.0 Å². The van der Waals surface area contributed by atoms with Crippen molar-refractivity contribution < 1.29 is 18.3 Å². The van der Waals surface area contributed by atoms with Gasteiger partial charge in [-0.1, -0.05) is 35.3 Å². The molecule has 9 heteroatoms. The lowest BCUT2D eigenvalue weighted by molar-refractivity contribution is 0.102. The van der Waals surface area contributed by atoms with Crippen LogP contribution in [0, 0.1) is 0 Å². The highest BCUT2D eigenvalue weighted by molar-refractivity contribution is 7.92. The maximum atomic E-state index is 12.9. The molecule has 3 aromatic rings. The quantitative estimate of drug-likeness (QED) is 0.472. The fourth-order valence-electron chi connectivity index (χ4n) is 2.69. The van der Waals surface area contributed by atoms with Gasteiger partial charge in [0.1, 0.15) is 0 Å². The SMILES string of the molecule is CC(O)c1cccc(NC(=O)c2cc(Cl)ccc2NS(=O)(=O)c2ccc(Cl)cc2)c1. The Bertz CT molecular complexity index is 1180. The highest BCUT2D eigenvalue weighted by atomic mass is 35.5. The molecule has 6 nitrogen and oxygen atoms in total. The van der Waals surface area contributed by atoms with E-state index in [0.717, 1.165) is 0 Å². The number of aliphatic hydroxyl groups is 1. The molecular formula is C21H18Cl2N2O4S. The molecule has 156 valence electrons. The lowest BCUT2D eigenvalue weighted by Crippen LogP contribution is -2.18. The first-order valence-corrected chi connectivity index (χ1v) is 11.1. The fraction of sp³-hybridized carbons (Fsp3) is 0.0952. The highest BCUT2D eigenvalue weighted by Gasteiger charge is 2.19. The minimum absolute atomic E-state index is 0.00200. The van der Waals surface area contributed by atoms with Crippen molar-refractivity contribution in [2.75, 3.05) is 10.0 Å². The van der Waals surface area contributed by atoms with Gasteiger partial charge in [0.05, 0.1) is 22.3 Å². The summed E-state index contributed by atoms with van der Waals surface area (Å²) in [6, 6.07) is 16.6. The van der Waals surface area contributed by atoms with Crippen molar-refractivity contribution in [1.29, 1.82) is 0 Å². The summed E-state index contributed by atoms with van der Waals surface area (Å²) >= 11 is 11.8. The molecule has 0 aliphatic carbocycles. The number of amides is 1. The fourth-order valence-corrected chi connectivity index (χ4v) is 4.06. The molecule has 0 saturated heterocycles. The Hall–Kier alpha value is -2.58. The number of sulfonamides is 1. The first-order valence-electron chi connectivity index (χ1n) is 8.83. The molecular weight excluding hydrogens is 447 g/mol. The second-order valence-corrected chi connectivity index (χ2v) is 9.06. The highest BCUT2D eigenvalue weighted by Crippen LogP contribution is 2.26. The molecule has 30 heavy (non-hydrogen) atoms. The molecule has 0 spiro atoms. The second-order valence-electron chi connectivity index (χ2n) is 6.50. The topological polar surface area (TPSA) is 95.5 Å². The Kier molecular flexibility index (Phi) is 6.67. The maximum absolute atomic E-state index is 12.9. The van der Waals surface area contributed by atoms with Gasteiger partial charge in [0.25, 0.3) is 15.9 Å². The van der Waals surface area contributed by atoms with Crippen LogP contribution in [0.1, 0.15) is 28.9 Å². The van der Waals surface area contributed by atoms with Crippen LogP contribution in [0.2, 0.25) is 10.0 Å². The number of carbonyl (C=O) groups is 1. The van der Waals surface area contributed by atoms with Gasteiger partial charge in [0.2, 0.25) is 0 Å². The molecule has 0 heterocycles. The molecule has 0 aliphatic rings. The zero-order valence-electron chi connectivity index (χ0n) is 15.8. The van der Waals surface area contributed by atoms with E-state index in [9.17, 15) is 18.3 Å². The number of benzene rings is 3. The molecule has 0 aliphatic heterocycles. The van der Waals surface area contributed by atoms with E-state index in [1.54, 1.807) is 31.2 Å². The normalized spacial score (nSPS) is 12.3. The van der Waals surface area contributed by atoms with E-state index in [4.69, 9.17) is 23.2 Å². The number of aliphatic hydroxyl groups excluding tert-OH is 1. The molecule has 3 rings (SSSR count). The molecule has 0 bridgehead atoms. The van der Waals surface area contributed by atoms with Gasteiger partial charge in [-0.25, -0.2) is 8.42 Å². The molecule has 0 saturated carbocycles. The van der Waals surface area contributed by atoms with Gasteiger partial charge in [-0.2, -0.15) is 0 Å². The minimum Gasteiger partial charge on any atom is -0.389 e. The molecule has 1 unspecified atom stereocenters. The number of rotatable bonds is 6.